The summed E-state index contributed by atoms with van der Waals surface area (Å²) in [4.78, 5) is 0. The number of hydrogen-bond donors (Lipinski definition) is 1. The lowest BCUT2D eigenvalue weighted by atomic mass is 10.1. The van der Waals surface area contributed by atoms with Gasteiger partial charge < -0.3 is 10.1 Å². The molecule has 1 heterocycles. The van der Waals surface area contributed by atoms with Crippen molar-refractivity contribution < 1.29 is 9.13 Å². The minimum absolute atomic E-state index is 0.154. The number of fused-ring (bicyclic) bond motifs is 1. The minimum atomic E-state index is -0.154. The van der Waals surface area contributed by atoms with E-state index in [-0.39, 0.29) is 11.9 Å². The van der Waals surface area contributed by atoms with Gasteiger partial charge in [-0.1, -0.05) is 6.07 Å². The van der Waals surface area contributed by atoms with Crippen molar-refractivity contribution in [1.29, 1.82) is 0 Å². The lowest BCUT2D eigenvalue weighted by Crippen LogP contribution is -2.19. The number of ether oxygens (including phenoxy) is 1. The van der Waals surface area contributed by atoms with Crippen LogP contribution in [0.1, 0.15) is 34.8 Å². The molecule has 3 rings (SSSR count). The van der Waals surface area contributed by atoms with E-state index in [2.05, 4.69) is 10.4 Å². The monoisotopic (exact) mass is 289 g/mol. The lowest BCUT2D eigenvalue weighted by Gasteiger charge is -2.14. The summed E-state index contributed by atoms with van der Waals surface area (Å²) >= 11 is 0. The molecule has 0 bridgehead atoms. The van der Waals surface area contributed by atoms with Crippen LogP contribution in [0.4, 0.5) is 4.39 Å². The van der Waals surface area contributed by atoms with Gasteiger partial charge in [0.2, 0.25) is 5.88 Å². The number of aromatic nitrogens is 2. The van der Waals surface area contributed by atoms with Crippen molar-refractivity contribution in [3.8, 4) is 5.88 Å². The number of hydrogen-bond acceptors (Lipinski definition) is 3. The topological polar surface area (TPSA) is 39.1 Å². The van der Waals surface area contributed by atoms with Crippen LogP contribution >= 0.6 is 0 Å². The largest absolute Gasteiger partial charge is 0.481 e. The van der Waals surface area contributed by atoms with E-state index in [0.29, 0.717) is 6.54 Å². The molecule has 1 aliphatic rings. The van der Waals surface area contributed by atoms with Crippen molar-refractivity contribution in [1.82, 2.24) is 15.1 Å². The third kappa shape index (κ3) is 2.53. The molecule has 1 N–H and O–H groups in total. The van der Waals surface area contributed by atoms with Crippen molar-refractivity contribution in [2.45, 2.75) is 32.4 Å². The molecule has 0 saturated heterocycles. The zero-order valence-corrected chi connectivity index (χ0v) is 12.6. The van der Waals surface area contributed by atoms with Gasteiger partial charge in [-0.2, -0.15) is 5.10 Å². The number of halogens is 1. The molecule has 21 heavy (non-hydrogen) atoms. The molecular formula is C16H20FN3O. The first-order valence-electron chi connectivity index (χ1n) is 7.18. The third-order valence-corrected chi connectivity index (χ3v) is 4.19. The van der Waals surface area contributed by atoms with Crippen molar-refractivity contribution in [3.05, 3.63) is 46.4 Å². The molecule has 1 aromatic carbocycles. The predicted octanol–water partition coefficient (Wildman–Crippen LogP) is 2.65. The van der Waals surface area contributed by atoms with Crippen molar-refractivity contribution in [2.75, 3.05) is 7.11 Å². The quantitative estimate of drug-likeness (QED) is 0.940. The molecule has 2 aromatic rings. The molecule has 0 saturated carbocycles. The van der Waals surface area contributed by atoms with E-state index in [0.717, 1.165) is 35.5 Å². The van der Waals surface area contributed by atoms with E-state index in [9.17, 15) is 4.39 Å². The third-order valence-electron chi connectivity index (χ3n) is 4.19. The Morgan fingerprint density at radius 1 is 1.48 bits per heavy atom. The van der Waals surface area contributed by atoms with Crippen LogP contribution < -0.4 is 10.1 Å². The molecule has 5 heteroatoms. The SMILES string of the molecule is COc1c(CN[C@H]2CCc3cc(F)ccc32)c(C)nn1C. The van der Waals surface area contributed by atoms with Gasteiger partial charge in [-0.15, -0.1) is 0 Å². The fraction of sp³-hybridized carbons (Fsp3) is 0.438. The molecule has 1 aromatic heterocycles. The van der Waals surface area contributed by atoms with Crippen molar-refractivity contribution >= 4 is 0 Å². The summed E-state index contributed by atoms with van der Waals surface area (Å²) in [6.45, 7) is 2.68. The van der Waals surface area contributed by atoms with E-state index < -0.39 is 0 Å². The van der Waals surface area contributed by atoms with Crippen molar-refractivity contribution in [2.24, 2.45) is 7.05 Å². The Morgan fingerprint density at radius 2 is 2.29 bits per heavy atom. The second-order valence-electron chi connectivity index (χ2n) is 5.51. The maximum absolute atomic E-state index is 13.2. The lowest BCUT2D eigenvalue weighted by molar-refractivity contribution is 0.366. The van der Waals surface area contributed by atoms with Gasteiger partial charge in [0.15, 0.2) is 0 Å². The van der Waals surface area contributed by atoms with Crippen LogP contribution in [-0.2, 0) is 20.0 Å². The highest BCUT2D eigenvalue weighted by Crippen LogP contribution is 2.32. The zero-order chi connectivity index (χ0) is 15.0. The Bertz CT molecular complexity index is 666. The molecule has 0 amide bonds. The molecule has 1 aliphatic carbocycles. The standard InChI is InChI=1S/C16H20FN3O/c1-10-14(16(21-3)20(2)19-10)9-18-15-7-4-11-8-12(17)5-6-13(11)15/h5-6,8,15,18H,4,7,9H2,1-3H3/t15-/m0/s1. The van der Waals surface area contributed by atoms with Gasteiger partial charge in [0.1, 0.15) is 5.82 Å². The van der Waals surface area contributed by atoms with E-state index in [1.807, 2.05) is 20.0 Å². The maximum Gasteiger partial charge on any atom is 0.216 e. The van der Waals surface area contributed by atoms with Crippen LogP contribution in [-0.4, -0.2) is 16.9 Å². The van der Waals surface area contributed by atoms with E-state index in [1.54, 1.807) is 17.9 Å². The Labute approximate surface area is 123 Å². The molecule has 0 spiro atoms. The molecular weight excluding hydrogens is 269 g/mol. The van der Waals surface area contributed by atoms with E-state index >= 15 is 0 Å². The first-order valence-corrected chi connectivity index (χ1v) is 7.18. The second-order valence-corrected chi connectivity index (χ2v) is 5.51. The smallest absolute Gasteiger partial charge is 0.216 e. The first kappa shape index (κ1) is 14.1. The van der Waals surface area contributed by atoms with Crippen LogP contribution in [0, 0.1) is 12.7 Å². The van der Waals surface area contributed by atoms with Gasteiger partial charge in [-0.05, 0) is 43.0 Å². The van der Waals surface area contributed by atoms with Gasteiger partial charge in [0, 0.05) is 19.6 Å². The average Bonchev–Trinajstić information content (AvgIpc) is 2.96. The number of rotatable bonds is 4. The summed E-state index contributed by atoms with van der Waals surface area (Å²) in [6.07, 6.45) is 1.92. The molecule has 0 unspecified atom stereocenters. The molecule has 4 nitrogen and oxygen atoms in total. The fourth-order valence-corrected chi connectivity index (χ4v) is 3.16. The van der Waals surface area contributed by atoms with Crippen molar-refractivity contribution in [3.63, 3.8) is 0 Å². The summed E-state index contributed by atoms with van der Waals surface area (Å²) in [5.41, 5.74) is 4.37. The van der Waals surface area contributed by atoms with E-state index in [1.165, 1.54) is 11.6 Å². The molecule has 112 valence electrons. The molecule has 1 atom stereocenters. The van der Waals surface area contributed by atoms with Crippen LogP contribution in [0.3, 0.4) is 0 Å². The summed E-state index contributed by atoms with van der Waals surface area (Å²) < 4.78 is 20.4. The zero-order valence-electron chi connectivity index (χ0n) is 12.6. The second kappa shape index (κ2) is 5.48. The van der Waals surface area contributed by atoms with Gasteiger partial charge >= 0.3 is 0 Å². The molecule has 0 radical (unpaired) electrons. The average molecular weight is 289 g/mol. The predicted molar refractivity (Wildman–Crippen MR) is 78.8 cm³/mol. The number of benzene rings is 1. The molecule has 0 aliphatic heterocycles. The Morgan fingerprint density at radius 3 is 3.05 bits per heavy atom. The number of methoxy groups -OCH3 is 1. The van der Waals surface area contributed by atoms with Crippen LogP contribution in [0.25, 0.3) is 0 Å². The van der Waals surface area contributed by atoms with Gasteiger partial charge in [-0.25, -0.2) is 9.07 Å². The Balaban J connectivity index is 1.76. The highest BCUT2D eigenvalue weighted by Gasteiger charge is 2.23. The summed E-state index contributed by atoms with van der Waals surface area (Å²) in [5.74, 6) is 0.636. The van der Waals surface area contributed by atoms with E-state index in [4.69, 9.17) is 4.74 Å². The first-order chi connectivity index (χ1) is 10.1. The Kier molecular flexibility index (Phi) is 3.68. The summed E-state index contributed by atoms with van der Waals surface area (Å²) in [7, 11) is 3.54. The van der Waals surface area contributed by atoms with Crippen LogP contribution in [0.5, 0.6) is 5.88 Å². The summed E-state index contributed by atoms with van der Waals surface area (Å²) in [5, 5.41) is 7.93. The minimum Gasteiger partial charge on any atom is -0.481 e. The van der Waals surface area contributed by atoms with Crippen LogP contribution in [0.2, 0.25) is 0 Å². The van der Waals surface area contributed by atoms with Gasteiger partial charge in [0.25, 0.3) is 0 Å². The number of nitrogens with zero attached hydrogens (tertiary/aromatic N) is 2. The fourth-order valence-electron chi connectivity index (χ4n) is 3.16. The number of aryl methyl sites for hydroxylation is 3. The van der Waals surface area contributed by atoms with Crippen LogP contribution in [0.15, 0.2) is 18.2 Å². The Hall–Kier alpha value is -1.88. The van der Waals surface area contributed by atoms with Gasteiger partial charge in [-0.3, -0.25) is 0 Å². The number of nitrogens with one attached hydrogen (secondary N) is 1. The van der Waals surface area contributed by atoms with Gasteiger partial charge in [0.05, 0.1) is 18.4 Å². The normalized spacial score (nSPS) is 17.0. The highest BCUT2D eigenvalue weighted by atomic mass is 19.1. The maximum atomic E-state index is 13.2. The highest BCUT2D eigenvalue weighted by molar-refractivity contribution is 5.36. The summed E-state index contributed by atoms with van der Waals surface area (Å²) in [6, 6.07) is 5.34. The molecule has 0 fully saturated rings.